The molecule has 6 heteroatoms. The molecule has 23 rings (SSSR count). The van der Waals surface area contributed by atoms with E-state index in [1.807, 2.05) is 0 Å². The highest BCUT2D eigenvalue weighted by atomic mass is 14.8. The van der Waals surface area contributed by atoms with Gasteiger partial charge in [0.1, 0.15) is 0 Å². The first kappa shape index (κ1) is 91.3. The van der Waals surface area contributed by atoms with Crippen molar-refractivity contribution < 1.29 is 0 Å². The minimum absolute atomic E-state index is 0.424. The van der Waals surface area contributed by atoms with Crippen molar-refractivity contribution in [2.75, 3.05) is 0 Å². The zero-order valence-corrected chi connectivity index (χ0v) is 82.7. The summed E-state index contributed by atoms with van der Waals surface area (Å²) in [4.78, 5) is 33.5. The fourth-order valence-corrected chi connectivity index (χ4v) is 24.9. The van der Waals surface area contributed by atoms with Gasteiger partial charge in [-0.15, -0.1) is 0 Å². The summed E-state index contributed by atoms with van der Waals surface area (Å²) in [5.74, 6) is 3.77. The molecule has 0 aliphatic heterocycles. The van der Waals surface area contributed by atoms with Crippen molar-refractivity contribution >= 4 is 87.0 Å². The molecule has 4 fully saturated rings. The highest BCUT2D eigenvalue weighted by Gasteiger charge is 2.36. The largest absolute Gasteiger partial charge is 0.250 e. The normalized spacial score (nSPS) is 15.5. The second kappa shape index (κ2) is 39.7. The predicted octanol–water partition coefficient (Wildman–Crippen LogP) is 36.2. The highest BCUT2D eigenvalue weighted by Crippen LogP contribution is 2.50. The van der Waals surface area contributed by atoms with Crippen LogP contribution in [0.3, 0.4) is 0 Å². The molecule has 6 nitrogen and oxygen atoms in total. The van der Waals surface area contributed by atoms with Gasteiger partial charge in [0.15, 0.2) is 0 Å². The lowest BCUT2D eigenvalue weighted by molar-refractivity contribution is 0.313. The third-order valence-electron chi connectivity index (χ3n) is 32.5. The Bertz CT molecular complexity index is 7200. The fourth-order valence-electron chi connectivity index (χ4n) is 24.9. The maximum atomic E-state index is 5.76. The number of hydrogen-bond donors (Lipinski definition) is 0. The molecule has 0 saturated heterocycles. The van der Waals surface area contributed by atoms with Gasteiger partial charge in [0.25, 0.3) is 0 Å². The number of fused-ring (bicyclic) bond motifs is 11. The van der Waals surface area contributed by atoms with Crippen LogP contribution in [-0.2, 0) is 23.7 Å². The quantitative estimate of drug-likeness (QED) is 0.0797. The second-order valence-corrected chi connectivity index (χ2v) is 42.3. The monoisotopic (exact) mass is 1800 g/mol. The van der Waals surface area contributed by atoms with Gasteiger partial charge in [0.2, 0.25) is 0 Å². The summed E-state index contributed by atoms with van der Waals surface area (Å²) >= 11 is 0. The molecule has 690 valence electrons. The van der Waals surface area contributed by atoms with E-state index in [4.69, 9.17) is 29.9 Å². The molecule has 13 aromatic carbocycles. The van der Waals surface area contributed by atoms with E-state index in [1.54, 1.807) is 0 Å². The Hall–Kier alpha value is -13.2. The molecule has 2 atom stereocenters. The SMILES string of the molecule is CC(c1cc(-c2ccccc2)c2ccc3c(-c4ccccc4)cc(C(C)C4CCCCC4)nc3c2n1)C1CCCCC1.Cc1ccc2cccc(C)c2c1C(C)(C)c1cc(-c2ccccc2)c2ccc3c(-c4ccccc4)cc(C(C)(C)c4c(C)ccc5cccc(C)c45)nc3c2n1.c1ccc(-c2cc(CC3CCCCC3)nc3c2ccc2c(-c4ccccc4)cc(CC4CCCCC4)nc23)cc1. The van der Waals surface area contributed by atoms with Crippen LogP contribution in [0.4, 0.5) is 0 Å². The van der Waals surface area contributed by atoms with E-state index in [9.17, 15) is 0 Å². The smallest absolute Gasteiger partial charge is 0.0974 e. The predicted molar refractivity (Wildman–Crippen MR) is 585 cm³/mol. The number of nitrogens with zero attached hydrogens (tertiary/aromatic N) is 6. The van der Waals surface area contributed by atoms with E-state index < -0.39 is 10.8 Å². The van der Waals surface area contributed by atoms with Gasteiger partial charge in [-0.25, -0.2) is 9.97 Å². The van der Waals surface area contributed by atoms with Crippen LogP contribution in [-0.4, -0.2) is 29.9 Å². The van der Waals surface area contributed by atoms with Crippen LogP contribution in [0.25, 0.3) is 154 Å². The van der Waals surface area contributed by atoms with Crippen molar-refractivity contribution in [2.45, 2.75) is 233 Å². The molecule has 2 unspecified atom stereocenters. The Balaban J connectivity index is 0.000000126. The minimum atomic E-state index is -0.424. The number of pyridine rings is 6. The van der Waals surface area contributed by atoms with Gasteiger partial charge in [-0.1, -0.05) is 423 Å². The first-order chi connectivity index (χ1) is 67.4. The summed E-state index contributed by atoms with van der Waals surface area (Å²) in [6, 6.07) is 115. The van der Waals surface area contributed by atoms with Gasteiger partial charge in [-0.2, -0.15) is 0 Å². The Morgan fingerprint density at radius 2 is 0.507 bits per heavy atom. The molecule has 0 N–H and O–H groups in total. The summed E-state index contributed by atoms with van der Waals surface area (Å²) in [6.45, 7) is 23.2. The van der Waals surface area contributed by atoms with Crippen molar-refractivity contribution in [2.24, 2.45) is 23.7 Å². The van der Waals surface area contributed by atoms with Crippen LogP contribution in [0, 0.1) is 51.4 Å². The van der Waals surface area contributed by atoms with Gasteiger partial charge in [0.05, 0.1) is 44.5 Å². The molecule has 6 heterocycles. The average Bonchev–Trinajstić information content (AvgIpc) is 0.739. The zero-order valence-electron chi connectivity index (χ0n) is 82.7. The fraction of sp³-hybridized carbons (Fsp3) is 0.303. The summed E-state index contributed by atoms with van der Waals surface area (Å²) in [7, 11) is 0. The summed E-state index contributed by atoms with van der Waals surface area (Å²) in [5, 5.41) is 12.2. The lowest BCUT2D eigenvalue weighted by Crippen LogP contribution is -2.24. The van der Waals surface area contributed by atoms with Crippen molar-refractivity contribution in [3.63, 3.8) is 0 Å². The number of benzene rings is 13. The van der Waals surface area contributed by atoms with Gasteiger partial charge in [-0.05, 0) is 248 Å². The van der Waals surface area contributed by atoms with Crippen molar-refractivity contribution in [1.82, 2.24) is 29.9 Å². The maximum Gasteiger partial charge on any atom is 0.0974 e. The van der Waals surface area contributed by atoms with E-state index in [2.05, 4.69) is 385 Å². The molecule has 138 heavy (non-hydrogen) atoms. The average molecular weight is 1800 g/mol. The van der Waals surface area contributed by atoms with Gasteiger partial charge < -0.3 is 0 Å². The third-order valence-corrected chi connectivity index (χ3v) is 32.5. The van der Waals surface area contributed by atoms with E-state index >= 15 is 0 Å². The molecule has 4 saturated carbocycles. The topological polar surface area (TPSA) is 77.3 Å². The van der Waals surface area contributed by atoms with Crippen LogP contribution < -0.4 is 0 Å². The first-order valence-corrected chi connectivity index (χ1v) is 52.1. The molecule has 19 aromatic rings. The van der Waals surface area contributed by atoms with Crippen molar-refractivity contribution in [3.05, 3.63) is 383 Å². The maximum absolute atomic E-state index is 5.76. The molecule has 0 bridgehead atoms. The van der Waals surface area contributed by atoms with E-state index in [1.165, 1.54) is 294 Å². The van der Waals surface area contributed by atoms with Crippen LogP contribution in [0.1, 0.15) is 249 Å². The van der Waals surface area contributed by atoms with Crippen LogP contribution in [0.2, 0.25) is 0 Å². The van der Waals surface area contributed by atoms with Crippen molar-refractivity contribution in [1.29, 1.82) is 0 Å². The molecule has 4 aliphatic carbocycles. The van der Waals surface area contributed by atoms with Gasteiger partial charge >= 0.3 is 0 Å². The van der Waals surface area contributed by atoms with E-state index in [0.29, 0.717) is 23.7 Å². The molecular formula is C132H132N6. The standard InChI is InChI=1S/C54H48N2.C40H44N2.C38H40N2/c1-33-17-15-23-39-27-25-35(3)49(47(33)39)53(5,6)45-31-43(37-19-11-9-12-20-37)41-29-30-42-44(38-21-13-10-14-22-38)32-46(56-52(42)51(41)55-45)54(7,8)50-36(4)26-28-40-24-16-18-34(2)48(40)50;1-27(29-15-7-3-8-16-29)37-25-35(31-19-11-5-12-20-31)33-23-24-34-36(32-21-13-6-14-22-32)26-38(42-40(34)39(33)41-37)28(2)30-17-9-4-10-18-30;1-5-13-27(14-6-1)23-31-25-35(29-17-9-3-10-18-29)33-21-22-34-36(30-19-11-4-12-20-30)26-32(40-38(34)37(33)39-31)24-28-15-7-2-8-16-28/h9-32H,1-8H3;5-6,11-14,19-30H,3-4,7-10,15-18H2,1-2H3;3-4,9-12,17-22,25-28H,1-2,5-8,13-16,23-24H2. The first-order valence-electron chi connectivity index (χ1n) is 52.1. The Kier molecular flexibility index (Phi) is 26.3. The summed E-state index contributed by atoms with van der Waals surface area (Å²) in [5.41, 5.74) is 34.9. The van der Waals surface area contributed by atoms with Crippen LogP contribution >= 0.6 is 0 Å². The number of hydrogen-bond acceptors (Lipinski definition) is 6. The Morgan fingerprint density at radius 3 is 0.804 bits per heavy atom. The van der Waals surface area contributed by atoms with Gasteiger partial charge in [-0.3, -0.25) is 19.9 Å². The number of aryl methyl sites for hydroxylation is 4. The molecular weight excluding hydrogens is 1670 g/mol. The molecule has 4 aliphatic rings. The summed E-state index contributed by atoms with van der Waals surface area (Å²) in [6.07, 6.45) is 29.1. The Morgan fingerprint density at radius 1 is 0.246 bits per heavy atom. The number of aromatic nitrogens is 6. The van der Waals surface area contributed by atoms with Crippen molar-refractivity contribution in [3.8, 4) is 66.8 Å². The lowest BCUT2D eigenvalue weighted by atomic mass is 9.74. The van der Waals surface area contributed by atoms with E-state index in [-0.39, 0.29) is 0 Å². The van der Waals surface area contributed by atoms with Crippen LogP contribution in [0.15, 0.2) is 315 Å². The highest BCUT2D eigenvalue weighted by molar-refractivity contribution is 6.15. The third kappa shape index (κ3) is 18.3. The summed E-state index contributed by atoms with van der Waals surface area (Å²) < 4.78 is 0. The second-order valence-electron chi connectivity index (χ2n) is 42.3. The molecule has 0 spiro atoms. The zero-order chi connectivity index (χ0) is 94.1. The minimum Gasteiger partial charge on any atom is -0.250 e. The lowest BCUT2D eigenvalue weighted by Gasteiger charge is -2.31. The molecule has 0 amide bonds. The van der Waals surface area contributed by atoms with Gasteiger partial charge in [0, 0.05) is 77.8 Å². The van der Waals surface area contributed by atoms with Crippen LogP contribution in [0.5, 0.6) is 0 Å². The van der Waals surface area contributed by atoms with E-state index in [0.717, 1.165) is 79.9 Å². The Labute approximate surface area is 817 Å². The number of rotatable bonds is 18. The molecule has 0 radical (unpaired) electrons. The molecule has 6 aromatic heterocycles.